The highest BCUT2D eigenvalue weighted by molar-refractivity contribution is 6.30. The summed E-state index contributed by atoms with van der Waals surface area (Å²) in [6, 6.07) is 5.33. The highest BCUT2D eigenvalue weighted by Gasteiger charge is 2.30. The third kappa shape index (κ3) is 3.19. The van der Waals surface area contributed by atoms with Crippen molar-refractivity contribution in [2.24, 2.45) is 0 Å². The molecular formula is C15H14ClFN4O2. The molecule has 23 heavy (non-hydrogen) atoms. The van der Waals surface area contributed by atoms with Crippen molar-refractivity contribution >= 4 is 23.5 Å². The lowest BCUT2D eigenvalue weighted by Gasteiger charge is -2.17. The van der Waals surface area contributed by atoms with Gasteiger partial charge in [0.15, 0.2) is 0 Å². The van der Waals surface area contributed by atoms with Crippen LogP contribution in [-0.2, 0) is 0 Å². The van der Waals surface area contributed by atoms with Gasteiger partial charge in [0.2, 0.25) is 5.95 Å². The molecule has 1 atom stereocenters. The number of likely N-dealkylation sites (tertiary alicyclic amines) is 1. The van der Waals surface area contributed by atoms with Crippen LogP contribution in [0.3, 0.4) is 0 Å². The number of aromatic nitrogens is 2. The number of nitrogens with one attached hydrogen (secondary N) is 1. The first kappa shape index (κ1) is 15.5. The number of carbonyl (C=O) groups excluding carboxylic acids is 1. The summed E-state index contributed by atoms with van der Waals surface area (Å²) in [4.78, 5) is 31.9. The summed E-state index contributed by atoms with van der Waals surface area (Å²) in [6.07, 6.45) is 0.636. The minimum Gasteiger partial charge on any atom is -0.369 e. The lowest BCUT2D eigenvalue weighted by molar-refractivity contribution is 0.0786. The average Bonchev–Trinajstić information content (AvgIpc) is 2.95. The van der Waals surface area contributed by atoms with Gasteiger partial charge < -0.3 is 10.6 Å². The van der Waals surface area contributed by atoms with Gasteiger partial charge in [-0.25, -0.2) is 9.37 Å². The number of benzene rings is 1. The van der Waals surface area contributed by atoms with Crippen molar-refractivity contribution in [1.29, 1.82) is 0 Å². The van der Waals surface area contributed by atoms with Crippen LogP contribution in [0.4, 0.5) is 10.3 Å². The SMILES string of the molecule is Nc1nc(C2CCN(C(=O)c3ccc(Cl)cc3F)C2)cc(=O)[nH]1. The second kappa shape index (κ2) is 6.00. The van der Waals surface area contributed by atoms with E-state index in [1.54, 1.807) is 0 Å². The van der Waals surface area contributed by atoms with Crippen molar-refractivity contribution in [3.63, 3.8) is 0 Å². The topological polar surface area (TPSA) is 92.1 Å². The molecule has 0 aliphatic carbocycles. The highest BCUT2D eigenvalue weighted by atomic mass is 35.5. The van der Waals surface area contributed by atoms with Gasteiger partial charge in [0.25, 0.3) is 11.5 Å². The first-order chi connectivity index (χ1) is 10.9. The summed E-state index contributed by atoms with van der Waals surface area (Å²) in [5.74, 6) is -1.11. The Morgan fingerprint density at radius 1 is 1.43 bits per heavy atom. The van der Waals surface area contributed by atoms with Gasteiger partial charge in [-0.2, -0.15) is 0 Å². The number of nitrogens with zero attached hydrogens (tertiary/aromatic N) is 2. The second-order valence-corrected chi connectivity index (χ2v) is 5.85. The number of hydrogen-bond donors (Lipinski definition) is 2. The number of nitrogens with two attached hydrogens (primary N) is 1. The molecule has 1 aromatic carbocycles. The van der Waals surface area contributed by atoms with Crippen molar-refractivity contribution < 1.29 is 9.18 Å². The maximum absolute atomic E-state index is 13.9. The minimum absolute atomic E-state index is 0.0200. The van der Waals surface area contributed by atoms with Crippen molar-refractivity contribution in [2.45, 2.75) is 12.3 Å². The van der Waals surface area contributed by atoms with Crippen LogP contribution in [-0.4, -0.2) is 33.9 Å². The van der Waals surface area contributed by atoms with Crippen LogP contribution >= 0.6 is 11.6 Å². The zero-order chi connectivity index (χ0) is 16.6. The number of nitrogen functional groups attached to an aromatic ring is 1. The normalized spacial score (nSPS) is 17.5. The summed E-state index contributed by atoms with van der Waals surface area (Å²) in [5, 5.41) is 0.238. The standard InChI is InChI=1S/C15H14ClFN4O2/c16-9-1-2-10(11(17)5-9)14(23)21-4-3-8(7-21)12-6-13(22)20-15(18)19-12/h1-2,5-6,8H,3-4,7H2,(H3,18,19,20,22). The summed E-state index contributed by atoms with van der Waals surface area (Å²) < 4.78 is 13.9. The van der Waals surface area contributed by atoms with Crippen LogP contribution in [0.1, 0.15) is 28.4 Å². The number of hydrogen-bond acceptors (Lipinski definition) is 4. The molecule has 1 saturated heterocycles. The lowest BCUT2D eigenvalue weighted by atomic mass is 10.1. The molecule has 1 unspecified atom stereocenters. The first-order valence-electron chi connectivity index (χ1n) is 7.05. The Kier molecular flexibility index (Phi) is 4.04. The van der Waals surface area contributed by atoms with Gasteiger partial charge in [0.1, 0.15) is 5.82 Å². The number of aromatic amines is 1. The Morgan fingerprint density at radius 2 is 2.22 bits per heavy atom. The summed E-state index contributed by atoms with van der Waals surface area (Å²) in [7, 11) is 0. The van der Waals surface area contributed by atoms with E-state index < -0.39 is 11.7 Å². The molecule has 0 bridgehead atoms. The van der Waals surface area contributed by atoms with E-state index in [-0.39, 0.29) is 28.0 Å². The predicted molar refractivity (Wildman–Crippen MR) is 83.9 cm³/mol. The molecule has 0 radical (unpaired) electrons. The molecule has 1 aromatic heterocycles. The molecule has 3 rings (SSSR count). The quantitative estimate of drug-likeness (QED) is 0.874. The van der Waals surface area contributed by atoms with Gasteiger partial charge in [-0.15, -0.1) is 0 Å². The molecule has 120 valence electrons. The molecule has 1 fully saturated rings. The van der Waals surface area contributed by atoms with Gasteiger partial charge >= 0.3 is 0 Å². The van der Waals surface area contributed by atoms with E-state index in [1.807, 2.05) is 0 Å². The van der Waals surface area contributed by atoms with Crippen LogP contribution < -0.4 is 11.3 Å². The van der Waals surface area contributed by atoms with Gasteiger partial charge in [0.05, 0.1) is 11.3 Å². The van der Waals surface area contributed by atoms with Gasteiger partial charge in [-0.05, 0) is 24.6 Å². The third-order valence-electron chi connectivity index (χ3n) is 3.84. The summed E-state index contributed by atoms with van der Waals surface area (Å²) >= 11 is 5.70. The number of carbonyl (C=O) groups is 1. The van der Waals surface area contributed by atoms with Crippen molar-refractivity contribution in [2.75, 3.05) is 18.8 Å². The van der Waals surface area contributed by atoms with E-state index in [0.717, 1.165) is 6.07 Å². The highest BCUT2D eigenvalue weighted by Crippen LogP contribution is 2.27. The lowest BCUT2D eigenvalue weighted by Crippen LogP contribution is -2.29. The maximum Gasteiger partial charge on any atom is 0.256 e. The molecule has 2 heterocycles. The fraction of sp³-hybridized carbons (Fsp3) is 0.267. The van der Waals surface area contributed by atoms with E-state index >= 15 is 0 Å². The fourth-order valence-corrected chi connectivity index (χ4v) is 2.88. The Bertz CT molecular complexity index is 823. The number of anilines is 1. The molecule has 8 heteroatoms. The van der Waals surface area contributed by atoms with Crippen LogP contribution in [0, 0.1) is 5.82 Å². The Morgan fingerprint density at radius 3 is 2.91 bits per heavy atom. The smallest absolute Gasteiger partial charge is 0.256 e. The largest absolute Gasteiger partial charge is 0.369 e. The number of halogens is 2. The van der Waals surface area contributed by atoms with Gasteiger partial charge in [-0.1, -0.05) is 11.6 Å². The molecule has 1 aliphatic heterocycles. The maximum atomic E-state index is 13.9. The molecule has 1 aliphatic rings. The Labute approximate surface area is 136 Å². The molecule has 2 aromatic rings. The van der Waals surface area contributed by atoms with E-state index in [2.05, 4.69) is 9.97 Å². The zero-order valence-electron chi connectivity index (χ0n) is 12.1. The van der Waals surface area contributed by atoms with E-state index in [9.17, 15) is 14.0 Å². The monoisotopic (exact) mass is 336 g/mol. The predicted octanol–water partition coefficient (Wildman–Crippen LogP) is 1.77. The van der Waals surface area contributed by atoms with Crippen LogP contribution in [0.2, 0.25) is 5.02 Å². The number of amides is 1. The first-order valence-corrected chi connectivity index (χ1v) is 7.43. The summed E-state index contributed by atoms with van der Waals surface area (Å²) in [5.41, 5.74) is 5.72. The zero-order valence-corrected chi connectivity index (χ0v) is 12.8. The molecular weight excluding hydrogens is 323 g/mol. The minimum atomic E-state index is -0.649. The Hall–Kier alpha value is -2.41. The molecule has 3 N–H and O–H groups in total. The van der Waals surface area contributed by atoms with Crippen LogP contribution in [0.15, 0.2) is 29.1 Å². The van der Waals surface area contributed by atoms with Crippen molar-refractivity contribution in [3.05, 3.63) is 56.7 Å². The van der Waals surface area contributed by atoms with Crippen molar-refractivity contribution in [1.82, 2.24) is 14.9 Å². The van der Waals surface area contributed by atoms with Gasteiger partial charge in [-0.3, -0.25) is 14.6 Å². The molecule has 6 nitrogen and oxygen atoms in total. The average molecular weight is 337 g/mol. The van der Waals surface area contributed by atoms with Crippen molar-refractivity contribution in [3.8, 4) is 0 Å². The number of H-pyrrole nitrogens is 1. The second-order valence-electron chi connectivity index (χ2n) is 5.42. The van der Waals surface area contributed by atoms with Crippen LogP contribution in [0.5, 0.6) is 0 Å². The molecule has 0 saturated carbocycles. The Balaban J connectivity index is 1.79. The van der Waals surface area contributed by atoms with E-state index in [4.69, 9.17) is 17.3 Å². The molecule has 1 amide bonds. The molecule has 0 spiro atoms. The van der Waals surface area contributed by atoms with Gasteiger partial charge in [0, 0.05) is 30.1 Å². The number of rotatable bonds is 2. The van der Waals surface area contributed by atoms with E-state index in [1.165, 1.54) is 23.1 Å². The summed E-state index contributed by atoms with van der Waals surface area (Å²) in [6.45, 7) is 0.816. The third-order valence-corrected chi connectivity index (χ3v) is 4.07. The van der Waals surface area contributed by atoms with E-state index in [0.29, 0.717) is 25.2 Å². The van der Waals surface area contributed by atoms with Crippen LogP contribution in [0.25, 0.3) is 0 Å². The fourth-order valence-electron chi connectivity index (χ4n) is 2.72.